The predicted octanol–water partition coefficient (Wildman–Crippen LogP) is 5.35. The van der Waals surface area contributed by atoms with Crippen molar-refractivity contribution in [3.63, 3.8) is 0 Å². The first-order chi connectivity index (χ1) is 17.1. The third-order valence-corrected chi connectivity index (χ3v) is 6.92. The zero-order valence-corrected chi connectivity index (χ0v) is 21.7. The van der Waals surface area contributed by atoms with E-state index < -0.39 is 23.5 Å². The molecule has 36 heavy (non-hydrogen) atoms. The van der Waals surface area contributed by atoms with Crippen LogP contribution in [-0.4, -0.2) is 33.9 Å². The Morgan fingerprint density at radius 1 is 1.11 bits per heavy atom. The average molecular weight is 505 g/mol. The van der Waals surface area contributed by atoms with Gasteiger partial charge in [-0.05, 0) is 57.9 Å². The molecule has 7 nitrogen and oxygen atoms in total. The van der Waals surface area contributed by atoms with E-state index in [2.05, 4.69) is 4.98 Å². The molecule has 1 N–H and O–H groups in total. The number of rotatable bonds is 7. The van der Waals surface area contributed by atoms with Crippen LogP contribution >= 0.6 is 11.3 Å². The molecular formula is C28H28N2O5S. The van der Waals surface area contributed by atoms with E-state index in [1.807, 2.05) is 38.1 Å². The second-order valence-electron chi connectivity index (χ2n) is 9.11. The lowest BCUT2D eigenvalue weighted by molar-refractivity contribution is -0.146. The third-order valence-electron chi connectivity index (χ3n) is 5.85. The number of thiazole rings is 1. The number of benzene rings is 2. The van der Waals surface area contributed by atoms with Gasteiger partial charge >= 0.3 is 5.97 Å². The summed E-state index contributed by atoms with van der Waals surface area (Å²) < 4.78 is 5.21. The number of ketones is 1. The first kappa shape index (κ1) is 25.3. The van der Waals surface area contributed by atoms with Crippen LogP contribution in [0.2, 0.25) is 0 Å². The van der Waals surface area contributed by atoms with Crippen LogP contribution < -0.4 is 4.90 Å². The molecule has 1 unspecified atom stereocenters. The van der Waals surface area contributed by atoms with Gasteiger partial charge in [-0.3, -0.25) is 19.3 Å². The lowest BCUT2D eigenvalue weighted by Gasteiger charge is -2.27. The van der Waals surface area contributed by atoms with Gasteiger partial charge in [0.25, 0.3) is 5.91 Å². The smallest absolute Gasteiger partial charge is 0.310 e. The number of hydrogen-bond acceptors (Lipinski definition) is 7. The maximum atomic E-state index is 13.7. The van der Waals surface area contributed by atoms with E-state index in [0.717, 1.165) is 16.1 Å². The van der Waals surface area contributed by atoms with Crippen LogP contribution in [0, 0.1) is 20.8 Å². The van der Waals surface area contributed by atoms with Crippen molar-refractivity contribution in [1.82, 2.24) is 4.98 Å². The molecule has 1 aromatic heterocycles. The second-order valence-corrected chi connectivity index (χ2v) is 10.3. The SMILES string of the molecule is Cc1cccc(C2C(C(=O)c3sc(C)nc3C)=C(O)C(=O)N2c2ccc(CC(=O)OC(C)C)cc2)c1. The summed E-state index contributed by atoms with van der Waals surface area (Å²) in [5.74, 6) is -1.97. The van der Waals surface area contributed by atoms with Gasteiger partial charge in [0.05, 0.1) is 39.7 Å². The van der Waals surface area contributed by atoms with Crippen LogP contribution in [-0.2, 0) is 20.7 Å². The number of aryl methyl sites for hydroxylation is 3. The maximum absolute atomic E-state index is 13.7. The largest absolute Gasteiger partial charge is 0.503 e. The van der Waals surface area contributed by atoms with Crippen molar-refractivity contribution in [3.05, 3.63) is 92.1 Å². The second kappa shape index (κ2) is 10.1. The summed E-state index contributed by atoms with van der Waals surface area (Å²) in [7, 11) is 0. The van der Waals surface area contributed by atoms with Crippen LogP contribution in [0.5, 0.6) is 0 Å². The molecule has 0 radical (unpaired) electrons. The van der Waals surface area contributed by atoms with Gasteiger partial charge in [-0.1, -0.05) is 42.0 Å². The van der Waals surface area contributed by atoms with E-state index in [-0.39, 0.29) is 24.1 Å². The first-order valence-electron chi connectivity index (χ1n) is 11.7. The van der Waals surface area contributed by atoms with Crippen molar-refractivity contribution < 1.29 is 24.2 Å². The summed E-state index contributed by atoms with van der Waals surface area (Å²) >= 11 is 1.24. The van der Waals surface area contributed by atoms with Crippen LogP contribution in [0.4, 0.5) is 5.69 Å². The van der Waals surface area contributed by atoms with Crippen LogP contribution in [0.3, 0.4) is 0 Å². The lowest BCUT2D eigenvalue weighted by Crippen LogP contribution is -2.31. The molecule has 0 saturated heterocycles. The zero-order chi connectivity index (χ0) is 26.1. The van der Waals surface area contributed by atoms with E-state index in [9.17, 15) is 19.5 Å². The molecular weight excluding hydrogens is 476 g/mol. The number of carbonyl (C=O) groups excluding carboxylic acids is 3. The Bertz CT molecular complexity index is 1370. The molecule has 186 valence electrons. The molecule has 1 atom stereocenters. The molecule has 4 rings (SSSR count). The number of ether oxygens (including phenoxy) is 1. The van der Waals surface area contributed by atoms with E-state index in [1.165, 1.54) is 16.2 Å². The Balaban J connectivity index is 1.75. The lowest BCUT2D eigenvalue weighted by atomic mass is 9.94. The molecule has 2 heterocycles. The van der Waals surface area contributed by atoms with Gasteiger partial charge in [-0.15, -0.1) is 11.3 Å². The average Bonchev–Trinajstić information content (AvgIpc) is 3.28. The Kier molecular flexibility index (Phi) is 7.08. The fourth-order valence-electron chi connectivity index (χ4n) is 4.37. The summed E-state index contributed by atoms with van der Waals surface area (Å²) in [6.07, 6.45) is -0.102. The molecule has 1 aliphatic rings. The van der Waals surface area contributed by atoms with E-state index in [0.29, 0.717) is 21.8 Å². The number of aliphatic hydroxyl groups excluding tert-OH is 1. The first-order valence-corrected chi connectivity index (χ1v) is 12.5. The van der Waals surface area contributed by atoms with Gasteiger partial charge in [0.1, 0.15) is 0 Å². The highest BCUT2D eigenvalue weighted by atomic mass is 32.1. The zero-order valence-electron chi connectivity index (χ0n) is 20.9. The molecule has 0 saturated carbocycles. The number of anilines is 1. The summed E-state index contributed by atoms with van der Waals surface area (Å²) in [5.41, 5.74) is 3.49. The Morgan fingerprint density at radius 3 is 2.39 bits per heavy atom. The van der Waals surface area contributed by atoms with E-state index >= 15 is 0 Å². The van der Waals surface area contributed by atoms with Crippen molar-refractivity contribution >= 4 is 34.7 Å². The van der Waals surface area contributed by atoms with E-state index in [4.69, 9.17) is 4.74 Å². The van der Waals surface area contributed by atoms with Gasteiger partial charge in [-0.2, -0.15) is 0 Å². The number of Topliss-reactive ketones (excluding diaryl/α,β-unsaturated/α-hetero) is 1. The number of amides is 1. The predicted molar refractivity (Wildman–Crippen MR) is 138 cm³/mol. The third kappa shape index (κ3) is 4.95. The highest BCUT2D eigenvalue weighted by Crippen LogP contribution is 2.43. The van der Waals surface area contributed by atoms with Gasteiger partial charge in [0, 0.05) is 5.69 Å². The van der Waals surface area contributed by atoms with Gasteiger partial charge in [0.15, 0.2) is 5.76 Å². The molecule has 8 heteroatoms. The minimum absolute atomic E-state index is 0.0296. The molecule has 0 bridgehead atoms. The van der Waals surface area contributed by atoms with Crippen LogP contribution in [0.25, 0.3) is 0 Å². The molecule has 2 aromatic carbocycles. The Labute approximate surface area is 214 Å². The number of esters is 1. The fraction of sp³-hybridized carbons (Fsp3) is 0.286. The summed E-state index contributed by atoms with van der Waals surface area (Å²) in [6.45, 7) is 9.06. The van der Waals surface area contributed by atoms with Crippen LogP contribution in [0.1, 0.15) is 57.0 Å². The summed E-state index contributed by atoms with van der Waals surface area (Å²) in [6, 6.07) is 13.6. The minimum atomic E-state index is -0.816. The number of aromatic nitrogens is 1. The van der Waals surface area contributed by atoms with Crippen LogP contribution in [0.15, 0.2) is 59.9 Å². The molecule has 0 fully saturated rings. The van der Waals surface area contributed by atoms with Gasteiger partial charge in [0.2, 0.25) is 5.78 Å². The van der Waals surface area contributed by atoms with E-state index in [1.54, 1.807) is 45.0 Å². The minimum Gasteiger partial charge on any atom is -0.503 e. The van der Waals surface area contributed by atoms with Crippen molar-refractivity contribution in [1.29, 1.82) is 0 Å². The molecule has 0 spiro atoms. The number of nitrogens with zero attached hydrogens (tertiary/aromatic N) is 2. The van der Waals surface area contributed by atoms with Crippen molar-refractivity contribution in [2.45, 2.75) is 53.2 Å². The monoisotopic (exact) mass is 504 g/mol. The highest BCUT2D eigenvalue weighted by molar-refractivity contribution is 7.14. The highest BCUT2D eigenvalue weighted by Gasteiger charge is 2.45. The number of hydrogen-bond donors (Lipinski definition) is 1. The standard InChI is InChI=1S/C28H28N2O5S/c1-15(2)35-22(31)14-19-9-11-21(12-10-19)30-24(20-8-6-7-16(3)13-20)23(26(33)28(30)34)25(32)27-17(4)29-18(5)36-27/h6-13,15,24,33H,14H2,1-5H3. The van der Waals surface area contributed by atoms with Crippen molar-refractivity contribution in [2.24, 2.45) is 0 Å². The molecule has 1 aliphatic heterocycles. The molecule has 0 aliphatic carbocycles. The number of aliphatic hydroxyl groups is 1. The maximum Gasteiger partial charge on any atom is 0.310 e. The number of carbonyl (C=O) groups is 3. The van der Waals surface area contributed by atoms with Gasteiger partial charge in [-0.25, -0.2) is 4.98 Å². The Hall–Kier alpha value is -3.78. The molecule has 3 aromatic rings. The Morgan fingerprint density at radius 2 is 1.81 bits per heavy atom. The topological polar surface area (TPSA) is 96.8 Å². The van der Waals surface area contributed by atoms with Crippen molar-refractivity contribution in [2.75, 3.05) is 4.90 Å². The fourth-order valence-corrected chi connectivity index (χ4v) is 5.24. The summed E-state index contributed by atoms with van der Waals surface area (Å²) in [4.78, 5) is 45.3. The quantitative estimate of drug-likeness (QED) is 0.344. The summed E-state index contributed by atoms with van der Waals surface area (Å²) in [5, 5.41) is 11.7. The molecule has 1 amide bonds. The van der Waals surface area contributed by atoms with Gasteiger partial charge < -0.3 is 9.84 Å². The normalized spacial score (nSPS) is 15.7. The van der Waals surface area contributed by atoms with Crippen molar-refractivity contribution in [3.8, 4) is 0 Å².